The van der Waals surface area contributed by atoms with Gasteiger partial charge < -0.3 is 19.5 Å². The molecule has 5 nitrogen and oxygen atoms in total. The summed E-state index contributed by atoms with van der Waals surface area (Å²) in [7, 11) is 1.67. The number of amides is 1. The number of hydrogen-bond donors (Lipinski definition) is 1. The molecule has 5 heteroatoms. The van der Waals surface area contributed by atoms with Gasteiger partial charge in [-0.25, -0.2) is 4.79 Å². The predicted molar refractivity (Wildman–Crippen MR) is 83.6 cm³/mol. The molecule has 2 rings (SSSR count). The molecule has 1 aliphatic rings. The van der Waals surface area contributed by atoms with Gasteiger partial charge in [-0.15, -0.1) is 0 Å². The van der Waals surface area contributed by atoms with Crippen LogP contribution in [-0.2, 0) is 20.8 Å². The molecule has 1 aromatic rings. The molecule has 122 valence electrons. The average molecular weight is 307 g/mol. The highest BCUT2D eigenvalue weighted by Gasteiger charge is 2.32. The Kier molecular flexibility index (Phi) is 6.68. The third kappa shape index (κ3) is 5.00. The minimum absolute atomic E-state index is 0.0133. The molecular weight excluding hydrogens is 282 g/mol. The summed E-state index contributed by atoms with van der Waals surface area (Å²) in [6.07, 6.45) is 2.25. The van der Waals surface area contributed by atoms with Gasteiger partial charge in [-0.3, -0.25) is 0 Å². The first kappa shape index (κ1) is 16.8. The zero-order valence-electron chi connectivity index (χ0n) is 13.3. The van der Waals surface area contributed by atoms with Crippen LogP contribution in [0.15, 0.2) is 30.3 Å². The fourth-order valence-corrected chi connectivity index (χ4v) is 2.78. The lowest BCUT2D eigenvalue weighted by molar-refractivity contribution is -0.0496. The summed E-state index contributed by atoms with van der Waals surface area (Å²) in [5, 5.41) is 2.87. The van der Waals surface area contributed by atoms with Crippen LogP contribution in [0.4, 0.5) is 4.79 Å². The van der Waals surface area contributed by atoms with Crippen LogP contribution in [0.25, 0.3) is 0 Å². The molecule has 0 spiro atoms. The molecular formula is C17H25NO4. The fraction of sp³-hybridized carbons (Fsp3) is 0.588. The Labute approximate surface area is 131 Å². The SMILES string of the molecule is CCOC(=O)N[C@H]1CC[C@H](OCc2ccccc2)C[C@@H]1OC. The van der Waals surface area contributed by atoms with E-state index in [9.17, 15) is 4.79 Å². The molecule has 1 saturated carbocycles. The number of hydrogen-bond acceptors (Lipinski definition) is 4. The molecule has 0 aliphatic heterocycles. The third-order valence-corrected chi connectivity index (χ3v) is 3.95. The van der Waals surface area contributed by atoms with Crippen LogP contribution in [0, 0.1) is 0 Å². The Morgan fingerprint density at radius 1 is 1.27 bits per heavy atom. The van der Waals surface area contributed by atoms with E-state index in [0.29, 0.717) is 13.2 Å². The topological polar surface area (TPSA) is 56.8 Å². The van der Waals surface area contributed by atoms with Crippen molar-refractivity contribution in [1.29, 1.82) is 0 Å². The van der Waals surface area contributed by atoms with Crippen molar-refractivity contribution in [2.24, 2.45) is 0 Å². The van der Waals surface area contributed by atoms with E-state index in [0.717, 1.165) is 19.3 Å². The van der Waals surface area contributed by atoms with Gasteiger partial charge in [0.15, 0.2) is 0 Å². The highest BCUT2D eigenvalue weighted by Crippen LogP contribution is 2.24. The first-order valence-electron chi connectivity index (χ1n) is 7.84. The largest absolute Gasteiger partial charge is 0.450 e. The van der Waals surface area contributed by atoms with Gasteiger partial charge in [0, 0.05) is 13.5 Å². The van der Waals surface area contributed by atoms with Crippen LogP contribution >= 0.6 is 0 Å². The van der Waals surface area contributed by atoms with E-state index in [-0.39, 0.29) is 24.3 Å². The molecule has 1 fully saturated rings. The lowest BCUT2D eigenvalue weighted by Crippen LogP contribution is -2.49. The van der Waals surface area contributed by atoms with E-state index < -0.39 is 0 Å². The number of nitrogens with one attached hydrogen (secondary N) is 1. The highest BCUT2D eigenvalue weighted by molar-refractivity contribution is 5.67. The zero-order chi connectivity index (χ0) is 15.8. The second-order valence-electron chi connectivity index (χ2n) is 5.48. The quantitative estimate of drug-likeness (QED) is 0.878. The number of alkyl carbamates (subject to hydrolysis) is 1. The van der Waals surface area contributed by atoms with Gasteiger partial charge in [0.25, 0.3) is 0 Å². The van der Waals surface area contributed by atoms with E-state index in [4.69, 9.17) is 14.2 Å². The Balaban J connectivity index is 1.80. The van der Waals surface area contributed by atoms with E-state index in [2.05, 4.69) is 17.4 Å². The second kappa shape index (κ2) is 8.76. The molecule has 1 N–H and O–H groups in total. The molecule has 1 amide bonds. The standard InChI is InChI=1S/C17H25NO4/c1-3-21-17(19)18-15-10-9-14(11-16(15)20-2)22-12-13-7-5-4-6-8-13/h4-8,14-16H,3,9-12H2,1-2H3,(H,18,19)/t14-,15-,16-/m0/s1. The molecule has 0 unspecified atom stereocenters. The van der Waals surface area contributed by atoms with Crippen molar-refractivity contribution in [3.8, 4) is 0 Å². The first-order valence-corrected chi connectivity index (χ1v) is 7.84. The van der Waals surface area contributed by atoms with Crippen LogP contribution in [0.5, 0.6) is 0 Å². The number of carbonyl (C=O) groups excluding carboxylic acids is 1. The van der Waals surface area contributed by atoms with E-state index in [1.54, 1.807) is 14.0 Å². The van der Waals surface area contributed by atoms with E-state index >= 15 is 0 Å². The number of methoxy groups -OCH3 is 1. The summed E-state index contributed by atoms with van der Waals surface area (Å²) in [4.78, 5) is 11.5. The summed E-state index contributed by atoms with van der Waals surface area (Å²) in [5.74, 6) is 0. The summed E-state index contributed by atoms with van der Waals surface area (Å²) in [6, 6.07) is 10.1. The average Bonchev–Trinajstić information content (AvgIpc) is 2.55. The molecule has 0 radical (unpaired) electrons. The highest BCUT2D eigenvalue weighted by atomic mass is 16.5. The number of benzene rings is 1. The van der Waals surface area contributed by atoms with Gasteiger partial charge in [0.05, 0.1) is 31.5 Å². The van der Waals surface area contributed by atoms with Gasteiger partial charge in [0.1, 0.15) is 0 Å². The molecule has 1 aliphatic carbocycles. The Morgan fingerprint density at radius 2 is 2.05 bits per heavy atom. The van der Waals surface area contributed by atoms with Crippen molar-refractivity contribution >= 4 is 6.09 Å². The van der Waals surface area contributed by atoms with Crippen LogP contribution in [-0.4, -0.2) is 38.1 Å². The van der Waals surface area contributed by atoms with Crippen LogP contribution < -0.4 is 5.32 Å². The summed E-state index contributed by atoms with van der Waals surface area (Å²) in [6.45, 7) is 2.78. The zero-order valence-corrected chi connectivity index (χ0v) is 13.3. The van der Waals surface area contributed by atoms with Gasteiger partial charge in [-0.1, -0.05) is 30.3 Å². The molecule has 0 heterocycles. The number of rotatable bonds is 6. The van der Waals surface area contributed by atoms with Gasteiger partial charge in [-0.05, 0) is 25.3 Å². The molecule has 3 atom stereocenters. The first-order chi connectivity index (χ1) is 10.7. The normalized spacial score (nSPS) is 24.7. The van der Waals surface area contributed by atoms with Crippen LogP contribution in [0.1, 0.15) is 31.7 Å². The molecule has 22 heavy (non-hydrogen) atoms. The van der Waals surface area contributed by atoms with Crippen molar-refractivity contribution in [1.82, 2.24) is 5.32 Å². The van der Waals surface area contributed by atoms with Crippen LogP contribution in [0.3, 0.4) is 0 Å². The number of carbonyl (C=O) groups is 1. The predicted octanol–water partition coefficient (Wildman–Crippen LogP) is 2.89. The lowest BCUT2D eigenvalue weighted by Gasteiger charge is -2.35. The van der Waals surface area contributed by atoms with Crippen molar-refractivity contribution in [2.45, 2.75) is 51.0 Å². The maximum atomic E-state index is 11.5. The molecule has 1 aromatic carbocycles. The van der Waals surface area contributed by atoms with Crippen molar-refractivity contribution in [2.75, 3.05) is 13.7 Å². The maximum absolute atomic E-state index is 11.5. The van der Waals surface area contributed by atoms with Crippen molar-refractivity contribution in [3.05, 3.63) is 35.9 Å². The third-order valence-electron chi connectivity index (χ3n) is 3.95. The summed E-state index contributed by atoms with van der Waals surface area (Å²) < 4.78 is 16.4. The van der Waals surface area contributed by atoms with Gasteiger partial charge >= 0.3 is 6.09 Å². The van der Waals surface area contributed by atoms with E-state index in [1.165, 1.54) is 5.56 Å². The molecule has 0 saturated heterocycles. The summed E-state index contributed by atoms with van der Waals surface area (Å²) >= 11 is 0. The molecule has 0 bridgehead atoms. The smallest absolute Gasteiger partial charge is 0.407 e. The minimum Gasteiger partial charge on any atom is -0.450 e. The Bertz CT molecular complexity index is 451. The minimum atomic E-state index is -0.377. The van der Waals surface area contributed by atoms with Crippen molar-refractivity contribution in [3.63, 3.8) is 0 Å². The second-order valence-corrected chi connectivity index (χ2v) is 5.48. The number of ether oxygens (including phenoxy) is 3. The lowest BCUT2D eigenvalue weighted by atomic mass is 9.90. The van der Waals surface area contributed by atoms with Crippen LogP contribution in [0.2, 0.25) is 0 Å². The maximum Gasteiger partial charge on any atom is 0.407 e. The fourth-order valence-electron chi connectivity index (χ4n) is 2.78. The van der Waals surface area contributed by atoms with Gasteiger partial charge in [-0.2, -0.15) is 0 Å². The van der Waals surface area contributed by atoms with E-state index in [1.807, 2.05) is 18.2 Å². The monoisotopic (exact) mass is 307 g/mol. The Hall–Kier alpha value is -1.59. The van der Waals surface area contributed by atoms with Gasteiger partial charge in [0.2, 0.25) is 0 Å². The molecule has 0 aromatic heterocycles. The van der Waals surface area contributed by atoms with Crippen molar-refractivity contribution < 1.29 is 19.0 Å². The Morgan fingerprint density at radius 3 is 2.73 bits per heavy atom. The summed E-state index contributed by atoms with van der Waals surface area (Å²) in [5.41, 5.74) is 1.17.